The van der Waals surface area contributed by atoms with Gasteiger partial charge in [-0.2, -0.15) is 0 Å². The average molecular weight is 518 g/mol. The average Bonchev–Trinajstić information content (AvgIpc) is 3.42. The number of aliphatic hydroxyl groups is 3. The van der Waals surface area contributed by atoms with Crippen LogP contribution < -0.4 is 5.32 Å². The molecule has 0 unspecified atom stereocenters. The van der Waals surface area contributed by atoms with E-state index in [2.05, 4.69) is 30.5 Å². The summed E-state index contributed by atoms with van der Waals surface area (Å²) in [6.07, 6.45) is 5.45. The summed E-state index contributed by atoms with van der Waals surface area (Å²) in [6, 6.07) is 18.9. The van der Waals surface area contributed by atoms with Gasteiger partial charge in [-0.15, -0.1) is 5.10 Å². The molecule has 0 fully saturated rings. The van der Waals surface area contributed by atoms with Crippen LogP contribution in [0.3, 0.4) is 0 Å². The molecule has 198 valence electrons. The van der Waals surface area contributed by atoms with E-state index in [1.165, 1.54) is 0 Å². The molecule has 0 saturated carbocycles. The minimum Gasteiger partial charge on any atom is -0.394 e. The smallest absolute Gasteiger partial charge is 0.225 e. The lowest BCUT2D eigenvalue weighted by atomic mass is 10.0. The van der Waals surface area contributed by atoms with Gasteiger partial charge in [0.05, 0.1) is 55.2 Å². The van der Waals surface area contributed by atoms with Crippen LogP contribution in [0, 0.1) is 0 Å². The Morgan fingerprint density at radius 3 is 1.92 bits per heavy atom. The highest BCUT2D eigenvalue weighted by atomic mass is 16.3. The van der Waals surface area contributed by atoms with Crippen molar-refractivity contribution in [3.63, 3.8) is 0 Å². The molecule has 0 radical (unpaired) electrons. The number of carbonyl (C=O) groups is 1. The largest absolute Gasteiger partial charge is 0.394 e. The SMILES string of the molecule is O=C(Cc1ccc(-n2cc(CN(Cc3ccccn3)Cc3ccccn3)nn2)cc1)NC(CO)(CO)CO. The summed E-state index contributed by atoms with van der Waals surface area (Å²) in [4.78, 5) is 23.4. The quantitative estimate of drug-likeness (QED) is 0.200. The highest BCUT2D eigenvalue weighted by Gasteiger charge is 2.29. The van der Waals surface area contributed by atoms with Crippen LogP contribution in [0.15, 0.2) is 79.3 Å². The molecule has 3 heterocycles. The molecule has 4 rings (SSSR count). The number of hydrogen-bond acceptors (Lipinski definition) is 9. The fourth-order valence-corrected chi connectivity index (χ4v) is 3.90. The van der Waals surface area contributed by atoms with Crippen LogP contribution in [0.1, 0.15) is 22.6 Å². The summed E-state index contributed by atoms with van der Waals surface area (Å²) < 4.78 is 1.67. The standard InChI is InChI=1S/C27H31N7O4/c35-18-27(19-36,20-37)30-26(38)13-21-7-9-25(10-8-21)34-17-24(31-32-34)16-33(14-22-5-1-3-11-28-22)15-23-6-2-4-12-29-23/h1-12,17,35-37H,13-16,18-20H2,(H,30,38). The number of hydrogen-bond donors (Lipinski definition) is 4. The molecule has 11 nitrogen and oxygen atoms in total. The number of amides is 1. The predicted molar refractivity (Wildman–Crippen MR) is 139 cm³/mol. The lowest BCUT2D eigenvalue weighted by Gasteiger charge is -2.28. The van der Waals surface area contributed by atoms with Gasteiger partial charge in [0, 0.05) is 32.0 Å². The first-order chi connectivity index (χ1) is 18.5. The molecular weight excluding hydrogens is 486 g/mol. The van der Waals surface area contributed by atoms with E-state index in [0.717, 1.165) is 28.3 Å². The van der Waals surface area contributed by atoms with Crippen LogP contribution in [-0.2, 0) is 30.8 Å². The van der Waals surface area contributed by atoms with Crippen molar-refractivity contribution in [2.24, 2.45) is 0 Å². The number of rotatable bonds is 13. The molecule has 0 aliphatic carbocycles. The molecule has 38 heavy (non-hydrogen) atoms. The third-order valence-corrected chi connectivity index (χ3v) is 6.03. The van der Waals surface area contributed by atoms with Gasteiger partial charge in [-0.25, -0.2) is 4.68 Å². The topological polar surface area (TPSA) is 150 Å². The van der Waals surface area contributed by atoms with E-state index in [4.69, 9.17) is 0 Å². The fraction of sp³-hybridized carbons (Fsp3) is 0.296. The van der Waals surface area contributed by atoms with Gasteiger partial charge in [0.15, 0.2) is 0 Å². The second kappa shape index (κ2) is 13.0. The number of benzene rings is 1. The first-order valence-corrected chi connectivity index (χ1v) is 12.2. The van der Waals surface area contributed by atoms with Gasteiger partial charge in [0.2, 0.25) is 5.91 Å². The monoisotopic (exact) mass is 517 g/mol. The molecule has 0 aliphatic rings. The molecule has 3 aromatic heterocycles. The van der Waals surface area contributed by atoms with Gasteiger partial charge in [-0.3, -0.25) is 19.7 Å². The molecule has 0 aliphatic heterocycles. The Bertz CT molecular complexity index is 1230. The Balaban J connectivity index is 1.41. The summed E-state index contributed by atoms with van der Waals surface area (Å²) in [5, 5.41) is 39.3. The Kier molecular flexibility index (Phi) is 9.22. The van der Waals surface area contributed by atoms with Crippen molar-refractivity contribution in [3.05, 3.63) is 102 Å². The zero-order chi connectivity index (χ0) is 26.8. The van der Waals surface area contributed by atoms with E-state index >= 15 is 0 Å². The summed E-state index contributed by atoms with van der Waals surface area (Å²) in [5.74, 6) is -0.418. The van der Waals surface area contributed by atoms with Crippen molar-refractivity contribution < 1.29 is 20.1 Å². The van der Waals surface area contributed by atoms with Crippen molar-refractivity contribution in [2.75, 3.05) is 19.8 Å². The Labute approximate surface area is 220 Å². The lowest BCUT2D eigenvalue weighted by Crippen LogP contribution is -2.57. The number of aliphatic hydroxyl groups excluding tert-OH is 3. The molecule has 1 aromatic carbocycles. The van der Waals surface area contributed by atoms with Gasteiger partial charge >= 0.3 is 0 Å². The highest BCUT2D eigenvalue weighted by Crippen LogP contribution is 2.14. The predicted octanol–water partition coefficient (Wildman–Crippen LogP) is 0.634. The van der Waals surface area contributed by atoms with Gasteiger partial charge in [0.25, 0.3) is 0 Å². The molecule has 0 spiro atoms. The fourth-order valence-electron chi connectivity index (χ4n) is 3.90. The van der Waals surface area contributed by atoms with Crippen LogP contribution in [0.25, 0.3) is 5.69 Å². The van der Waals surface area contributed by atoms with E-state index < -0.39 is 31.3 Å². The summed E-state index contributed by atoms with van der Waals surface area (Å²) in [6.45, 7) is 0.103. The maximum Gasteiger partial charge on any atom is 0.225 e. The normalized spacial score (nSPS) is 11.6. The molecule has 11 heteroatoms. The highest BCUT2D eigenvalue weighted by molar-refractivity contribution is 5.79. The first kappa shape index (κ1) is 27.0. The Hall–Kier alpha value is -4.03. The maximum atomic E-state index is 12.3. The molecule has 0 saturated heterocycles. The minimum atomic E-state index is -1.45. The van der Waals surface area contributed by atoms with Crippen LogP contribution >= 0.6 is 0 Å². The minimum absolute atomic E-state index is 0.0284. The van der Waals surface area contributed by atoms with Gasteiger partial charge in [0.1, 0.15) is 5.54 Å². The third kappa shape index (κ3) is 7.26. The van der Waals surface area contributed by atoms with Gasteiger partial charge < -0.3 is 20.6 Å². The second-order valence-electron chi connectivity index (χ2n) is 9.09. The third-order valence-electron chi connectivity index (χ3n) is 6.03. The van der Waals surface area contributed by atoms with E-state index in [-0.39, 0.29) is 6.42 Å². The number of aromatic nitrogens is 5. The molecular formula is C27H31N7O4. The number of nitrogens with zero attached hydrogens (tertiary/aromatic N) is 6. The van der Waals surface area contributed by atoms with Crippen molar-refractivity contribution in [3.8, 4) is 5.69 Å². The summed E-state index contributed by atoms with van der Waals surface area (Å²) in [7, 11) is 0. The first-order valence-electron chi connectivity index (χ1n) is 12.2. The molecule has 4 N–H and O–H groups in total. The van der Waals surface area contributed by atoms with Crippen LogP contribution in [0.2, 0.25) is 0 Å². The van der Waals surface area contributed by atoms with Crippen molar-refractivity contribution in [1.82, 2.24) is 35.2 Å². The number of nitrogens with one attached hydrogen (secondary N) is 1. The van der Waals surface area contributed by atoms with E-state index in [1.54, 1.807) is 29.2 Å². The van der Waals surface area contributed by atoms with Crippen LogP contribution in [0.5, 0.6) is 0 Å². The van der Waals surface area contributed by atoms with Crippen molar-refractivity contribution in [1.29, 1.82) is 0 Å². The Morgan fingerprint density at radius 1 is 0.816 bits per heavy atom. The Morgan fingerprint density at radius 2 is 1.39 bits per heavy atom. The molecule has 4 aromatic rings. The van der Waals surface area contributed by atoms with Crippen molar-refractivity contribution in [2.45, 2.75) is 31.6 Å². The second-order valence-corrected chi connectivity index (χ2v) is 9.09. The zero-order valence-corrected chi connectivity index (χ0v) is 20.9. The van der Waals surface area contributed by atoms with E-state index in [1.807, 2.05) is 54.7 Å². The maximum absolute atomic E-state index is 12.3. The number of pyridine rings is 2. The van der Waals surface area contributed by atoms with Gasteiger partial charge in [-0.1, -0.05) is 29.5 Å². The lowest BCUT2D eigenvalue weighted by molar-refractivity contribution is -0.124. The van der Waals surface area contributed by atoms with Crippen LogP contribution in [0.4, 0.5) is 0 Å². The zero-order valence-electron chi connectivity index (χ0n) is 20.9. The number of carbonyl (C=O) groups excluding carboxylic acids is 1. The van der Waals surface area contributed by atoms with Crippen molar-refractivity contribution >= 4 is 5.91 Å². The molecule has 0 atom stereocenters. The molecule has 1 amide bonds. The van der Waals surface area contributed by atoms with Crippen LogP contribution in [-0.4, -0.2) is 76.4 Å². The van der Waals surface area contributed by atoms with E-state index in [0.29, 0.717) is 19.6 Å². The summed E-state index contributed by atoms with van der Waals surface area (Å²) >= 11 is 0. The van der Waals surface area contributed by atoms with Gasteiger partial charge in [-0.05, 0) is 42.0 Å². The summed E-state index contributed by atoms with van der Waals surface area (Å²) in [5.41, 5.74) is 2.74. The van der Waals surface area contributed by atoms with E-state index in [9.17, 15) is 20.1 Å². The molecule has 0 bridgehead atoms.